The molecule has 3 rings (SSSR count). The van der Waals surface area contributed by atoms with Gasteiger partial charge in [0.05, 0.1) is 18.4 Å². The van der Waals surface area contributed by atoms with Crippen LogP contribution in [0.4, 0.5) is 0 Å². The highest BCUT2D eigenvalue weighted by molar-refractivity contribution is 7.99. The summed E-state index contributed by atoms with van der Waals surface area (Å²) in [6, 6.07) is 0.367. The fourth-order valence-electron chi connectivity index (χ4n) is 2.28. The number of nitrogens with two attached hydrogens (primary N) is 1. The second-order valence-electron chi connectivity index (χ2n) is 4.67. The monoisotopic (exact) mass is 306 g/mol. The van der Waals surface area contributed by atoms with E-state index in [4.69, 9.17) is 10.9 Å². The van der Waals surface area contributed by atoms with E-state index in [0.29, 0.717) is 21.9 Å². The lowest BCUT2D eigenvalue weighted by atomic mass is 10.3. The average Bonchev–Trinajstić information content (AvgIpc) is 3.18. The minimum absolute atomic E-state index is 0.0742. The molecule has 21 heavy (non-hydrogen) atoms. The molecule has 0 spiro atoms. The molecule has 0 bridgehead atoms. The van der Waals surface area contributed by atoms with E-state index in [1.165, 1.54) is 30.8 Å². The van der Waals surface area contributed by atoms with Crippen molar-refractivity contribution in [3.05, 3.63) is 18.1 Å². The third-order valence-electron chi connectivity index (χ3n) is 3.33. The van der Waals surface area contributed by atoms with Gasteiger partial charge in [0, 0.05) is 0 Å². The van der Waals surface area contributed by atoms with Crippen molar-refractivity contribution in [3.63, 3.8) is 0 Å². The number of nitrogens with zero attached hydrogens (tertiary/aromatic N) is 7. The van der Waals surface area contributed by atoms with Crippen LogP contribution < -0.4 is 5.73 Å². The molecule has 2 aromatic heterocycles. The highest BCUT2D eigenvalue weighted by Crippen LogP contribution is 2.32. The Bertz CT molecular complexity index is 634. The van der Waals surface area contributed by atoms with Crippen LogP contribution in [-0.4, -0.2) is 41.2 Å². The smallest absolute Gasteiger partial charge is 0.215 e. The molecule has 0 aliphatic heterocycles. The molecule has 1 saturated carbocycles. The van der Waals surface area contributed by atoms with Crippen molar-refractivity contribution in [1.82, 2.24) is 30.2 Å². The third-order valence-corrected chi connectivity index (χ3v) is 4.20. The molecule has 0 saturated heterocycles. The van der Waals surface area contributed by atoms with Gasteiger partial charge in [-0.3, -0.25) is 0 Å². The molecule has 0 aromatic carbocycles. The first-order valence-electron chi connectivity index (χ1n) is 6.53. The van der Waals surface area contributed by atoms with Gasteiger partial charge in [-0.25, -0.2) is 14.6 Å². The molecule has 0 unspecified atom stereocenters. The van der Waals surface area contributed by atoms with E-state index in [1.807, 2.05) is 4.68 Å². The van der Waals surface area contributed by atoms with Gasteiger partial charge in [0.25, 0.3) is 0 Å². The number of hydrogen-bond acceptors (Lipinski definition) is 8. The summed E-state index contributed by atoms with van der Waals surface area (Å²) in [6.45, 7) is 0. The quantitative estimate of drug-likeness (QED) is 0.368. The first kappa shape index (κ1) is 13.7. The van der Waals surface area contributed by atoms with E-state index < -0.39 is 0 Å². The molecule has 110 valence electrons. The van der Waals surface area contributed by atoms with Gasteiger partial charge in [0.1, 0.15) is 10.7 Å². The van der Waals surface area contributed by atoms with Gasteiger partial charge < -0.3 is 10.9 Å². The molecule has 0 amide bonds. The maximum absolute atomic E-state index is 8.58. The maximum atomic E-state index is 8.58. The van der Waals surface area contributed by atoms with Gasteiger partial charge in [-0.05, 0) is 35.0 Å². The number of rotatable bonds is 4. The maximum Gasteiger partial charge on any atom is 0.215 e. The third kappa shape index (κ3) is 2.94. The first-order valence-corrected chi connectivity index (χ1v) is 7.35. The molecular weight excluding hydrogens is 292 g/mol. The zero-order valence-electron chi connectivity index (χ0n) is 11.1. The Labute approximate surface area is 124 Å². The van der Waals surface area contributed by atoms with Gasteiger partial charge in [0.15, 0.2) is 5.84 Å². The summed E-state index contributed by atoms with van der Waals surface area (Å²) in [7, 11) is 0. The Balaban J connectivity index is 1.76. The van der Waals surface area contributed by atoms with Crippen molar-refractivity contribution in [1.29, 1.82) is 0 Å². The lowest BCUT2D eigenvalue weighted by Crippen LogP contribution is -2.15. The minimum atomic E-state index is -0.0742. The largest absolute Gasteiger partial charge is 0.409 e. The topological polar surface area (TPSA) is 128 Å². The van der Waals surface area contributed by atoms with Crippen molar-refractivity contribution in [2.75, 3.05) is 0 Å². The predicted octanol–water partition coefficient (Wildman–Crippen LogP) is 0.824. The molecule has 0 atom stereocenters. The summed E-state index contributed by atoms with van der Waals surface area (Å²) in [5.41, 5.74) is 5.76. The molecule has 1 fully saturated rings. The van der Waals surface area contributed by atoms with Crippen molar-refractivity contribution in [2.45, 2.75) is 41.9 Å². The van der Waals surface area contributed by atoms with Crippen LogP contribution in [0.5, 0.6) is 0 Å². The highest BCUT2D eigenvalue weighted by atomic mass is 32.2. The average molecular weight is 306 g/mol. The van der Waals surface area contributed by atoms with Gasteiger partial charge >= 0.3 is 0 Å². The molecule has 0 radical (unpaired) electrons. The van der Waals surface area contributed by atoms with Crippen molar-refractivity contribution in [3.8, 4) is 0 Å². The van der Waals surface area contributed by atoms with E-state index in [9.17, 15) is 0 Å². The molecule has 2 aromatic rings. The summed E-state index contributed by atoms with van der Waals surface area (Å²) in [5, 5.41) is 24.7. The molecule has 9 nitrogen and oxygen atoms in total. The number of aromatic nitrogens is 6. The number of oxime groups is 1. The zero-order valence-corrected chi connectivity index (χ0v) is 11.9. The van der Waals surface area contributed by atoms with Gasteiger partial charge in [-0.2, -0.15) is 0 Å². The fourth-order valence-corrected chi connectivity index (χ4v) is 3.03. The molecular formula is C11H14N8OS. The summed E-state index contributed by atoms with van der Waals surface area (Å²) in [4.78, 5) is 8.29. The van der Waals surface area contributed by atoms with Crippen LogP contribution in [-0.2, 0) is 0 Å². The van der Waals surface area contributed by atoms with E-state index in [0.717, 1.165) is 12.8 Å². The molecule has 10 heteroatoms. The summed E-state index contributed by atoms with van der Waals surface area (Å²) in [5.74, 6) is -0.0742. The minimum Gasteiger partial charge on any atom is -0.409 e. The Morgan fingerprint density at radius 3 is 2.81 bits per heavy atom. The lowest BCUT2D eigenvalue weighted by molar-refractivity contribution is 0.318. The lowest BCUT2D eigenvalue weighted by Gasteiger charge is -2.10. The number of amidine groups is 1. The van der Waals surface area contributed by atoms with E-state index in [-0.39, 0.29) is 5.84 Å². The van der Waals surface area contributed by atoms with Crippen LogP contribution in [0.1, 0.15) is 37.4 Å². The van der Waals surface area contributed by atoms with Crippen LogP contribution in [0.15, 0.2) is 27.7 Å². The number of tetrazole rings is 1. The highest BCUT2D eigenvalue weighted by Gasteiger charge is 2.22. The first-order chi connectivity index (χ1) is 10.3. The van der Waals surface area contributed by atoms with Gasteiger partial charge in [0.2, 0.25) is 5.16 Å². The standard InChI is InChI=1S/C11H14N8OS/c12-10(16-20)8-5-14-9(6-13-8)21-11-15-17-18-19(11)7-3-1-2-4-7/h5-7,20H,1-4H2,(H2,12,16). The van der Waals surface area contributed by atoms with Crippen LogP contribution in [0, 0.1) is 0 Å². The van der Waals surface area contributed by atoms with Crippen molar-refractivity contribution < 1.29 is 5.21 Å². The zero-order chi connectivity index (χ0) is 14.7. The summed E-state index contributed by atoms with van der Waals surface area (Å²) in [6.07, 6.45) is 7.62. The molecule has 2 heterocycles. The van der Waals surface area contributed by atoms with E-state index >= 15 is 0 Å². The Morgan fingerprint density at radius 2 is 2.14 bits per heavy atom. The van der Waals surface area contributed by atoms with Gasteiger partial charge in [-0.15, -0.1) is 5.10 Å². The Kier molecular flexibility index (Phi) is 3.95. The van der Waals surface area contributed by atoms with Crippen LogP contribution in [0.2, 0.25) is 0 Å². The second-order valence-corrected chi connectivity index (χ2v) is 5.66. The van der Waals surface area contributed by atoms with E-state index in [2.05, 4.69) is 30.6 Å². The van der Waals surface area contributed by atoms with E-state index in [1.54, 1.807) is 6.20 Å². The number of hydrogen-bond donors (Lipinski definition) is 2. The Hall–Kier alpha value is -2.23. The fraction of sp³-hybridized carbons (Fsp3) is 0.455. The van der Waals surface area contributed by atoms with Crippen molar-refractivity contribution in [2.24, 2.45) is 10.9 Å². The molecule has 3 N–H and O–H groups in total. The van der Waals surface area contributed by atoms with Crippen molar-refractivity contribution >= 4 is 17.6 Å². The molecule has 1 aliphatic carbocycles. The predicted molar refractivity (Wildman–Crippen MR) is 74.0 cm³/mol. The summed E-state index contributed by atoms with van der Waals surface area (Å²) < 4.78 is 1.86. The summed E-state index contributed by atoms with van der Waals surface area (Å²) >= 11 is 1.35. The van der Waals surface area contributed by atoms with Crippen LogP contribution in [0.3, 0.4) is 0 Å². The molecule has 1 aliphatic rings. The second kappa shape index (κ2) is 6.04. The van der Waals surface area contributed by atoms with Crippen LogP contribution in [0.25, 0.3) is 0 Å². The SMILES string of the molecule is NC(=NO)c1cnc(Sc2nnnn2C2CCCC2)cn1. The van der Waals surface area contributed by atoms with Crippen LogP contribution >= 0.6 is 11.8 Å². The normalized spacial score (nSPS) is 16.5. The van der Waals surface area contributed by atoms with Gasteiger partial charge in [-0.1, -0.05) is 18.0 Å². The Morgan fingerprint density at radius 1 is 1.33 bits per heavy atom.